The van der Waals surface area contributed by atoms with Crippen LogP contribution in [0.5, 0.6) is 0 Å². The van der Waals surface area contributed by atoms with Crippen molar-refractivity contribution < 1.29 is 22.7 Å². The average Bonchev–Trinajstić information content (AvgIpc) is 2.91. The van der Waals surface area contributed by atoms with Crippen molar-refractivity contribution in [2.75, 3.05) is 26.3 Å². The number of benzene rings is 2. The molecule has 0 saturated carbocycles. The van der Waals surface area contributed by atoms with Gasteiger partial charge in [-0.05, 0) is 42.9 Å². The molecule has 0 aliphatic carbocycles. The lowest BCUT2D eigenvalue weighted by molar-refractivity contribution is -0.123. The monoisotopic (exact) mass is 527 g/mol. The van der Waals surface area contributed by atoms with Crippen LogP contribution in [0.1, 0.15) is 32.3 Å². The number of hydrogen-bond acceptors (Lipinski definition) is 5. The van der Waals surface area contributed by atoms with Gasteiger partial charge in [0.2, 0.25) is 5.91 Å². The van der Waals surface area contributed by atoms with Gasteiger partial charge >= 0.3 is 6.03 Å². The smallest absolute Gasteiger partial charge is 0.318 e. The summed E-state index contributed by atoms with van der Waals surface area (Å²) in [5.41, 5.74) is 1.08. The van der Waals surface area contributed by atoms with Gasteiger partial charge < -0.3 is 20.3 Å². The standard InChI is InChI=1S/C28H37N3O5S/c1-22(2)21-26(30-28(33)31-16-18-36-19-17-31)27(32)29-24(14-13-23-9-5-3-6-10-23)15-20-37(34,35)25-11-7-4-8-12-25/h3-12,15,20,22,24,26H,13-14,16-19,21H2,1-2H3,(H,29,32)(H,30,33)/b20-15+/t24-,26-/m1/s1. The molecule has 2 N–H and O–H groups in total. The lowest BCUT2D eigenvalue weighted by atomic mass is 10.0. The number of urea groups is 1. The van der Waals surface area contributed by atoms with Gasteiger partial charge in [-0.25, -0.2) is 13.2 Å². The minimum absolute atomic E-state index is 0.164. The Morgan fingerprint density at radius 3 is 2.22 bits per heavy atom. The second-order valence-corrected chi connectivity index (χ2v) is 11.4. The Hall–Kier alpha value is -3.17. The summed E-state index contributed by atoms with van der Waals surface area (Å²) in [6.07, 6.45) is 3.14. The van der Waals surface area contributed by atoms with Crippen LogP contribution in [0.4, 0.5) is 4.79 Å². The minimum atomic E-state index is -3.67. The number of nitrogens with one attached hydrogen (secondary N) is 2. The Morgan fingerprint density at radius 1 is 0.973 bits per heavy atom. The van der Waals surface area contributed by atoms with E-state index in [4.69, 9.17) is 4.74 Å². The molecule has 0 radical (unpaired) electrons. The molecule has 2 aromatic carbocycles. The highest BCUT2D eigenvalue weighted by molar-refractivity contribution is 7.94. The lowest BCUT2D eigenvalue weighted by Crippen LogP contribution is -2.54. The van der Waals surface area contributed by atoms with Crippen LogP contribution in [0, 0.1) is 5.92 Å². The third kappa shape index (κ3) is 9.33. The van der Waals surface area contributed by atoms with Crippen molar-refractivity contribution in [1.29, 1.82) is 0 Å². The van der Waals surface area contributed by atoms with Gasteiger partial charge in [0, 0.05) is 24.5 Å². The van der Waals surface area contributed by atoms with Gasteiger partial charge in [-0.3, -0.25) is 4.79 Å². The number of sulfone groups is 1. The molecule has 200 valence electrons. The quantitative estimate of drug-likeness (QED) is 0.465. The Morgan fingerprint density at radius 2 is 1.59 bits per heavy atom. The van der Waals surface area contributed by atoms with Crippen LogP contribution >= 0.6 is 0 Å². The maximum Gasteiger partial charge on any atom is 0.318 e. The highest BCUT2D eigenvalue weighted by Crippen LogP contribution is 2.14. The van der Waals surface area contributed by atoms with E-state index in [1.54, 1.807) is 23.1 Å². The summed E-state index contributed by atoms with van der Waals surface area (Å²) in [6.45, 7) is 5.86. The van der Waals surface area contributed by atoms with Gasteiger partial charge in [0.1, 0.15) is 6.04 Å². The van der Waals surface area contributed by atoms with Crippen LogP contribution < -0.4 is 10.6 Å². The van der Waals surface area contributed by atoms with Crippen LogP contribution in [0.2, 0.25) is 0 Å². The summed E-state index contributed by atoms with van der Waals surface area (Å²) >= 11 is 0. The molecule has 3 amide bonds. The summed E-state index contributed by atoms with van der Waals surface area (Å²) in [5, 5.41) is 7.00. The van der Waals surface area contributed by atoms with Gasteiger partial charge in [0.25, 0.3) is 0 Å². The highest BCUT2D eigenvalue weighted by atomic mass is 32.2. The van der Waals surface area contributed by atoms with Crippen molar-refractivity contribution in [1.82, 2.24) is 15.5 Å². The maximum absolute atomic E-state index is 13.4. The molecule has 2 aromatic rings. The molecule has 0 spiro atoms. The molecule has 0 aromatic heterocycles. The Bertz CT molecular complexity index is 1130. The topological polar surface area (TPSA) is 105 Å². The average molecular weight is 528 g/mol. The number of ether oxygens (including phenoxy) is 1. The zero-order valence-corrected chi connectivity index (χ0v) is 22.3. The number of carbonyl (C=O) groups is 2. The number of amides is 3. The second-order valence-electron chi connectivity index (χ2n) is 9.56. The Kier molecular flexibility index (Phi) is 10.7. The van der Waals surface area contributed by atoms with Crippen molar-refractivity contribution in [3.8, 4) is 0 Å². The second kappa shape index (κ2) is 13.9. The fourth-order valence-corrected chi connectivity index (χ4v) is 5.15. The molecule has 1 fully saturated rings. The van der Waals surface area contributed by atoms with E-state index in [-0.39, 0.29) is 22.8 Å². The Balaban J connectivity index is 1.75. The van der Waals surface area contributed by atoms with Gasteiger partial charge in [-0.2, -0.15) is 0 Å². The predicted octanol–water partition coefficient (Wildman–Crippen LogP) is 3.55. The van der Waals surface area contributed by atoms with E-state index < -0.39 is 21.9 Å². The first-order valence-electron chi connectivity index (χ1n) is 12.7. The lowest BCUT2D eigenvalue weighted by Gasteiger charge is -2.30. The molecular weight excluding hydrogens is 490 g/mol. The molecule has 0 bridgehead atoms. The van der Waals surface area contributed by atoms with Crippen LogP contribution in [0.25, 0.3) is 0 Å². The van der Waals surface area contributed by atoms with Crippen LogP contribution in [-0.4, -0.2) is 63.6 Å². The highest BCUT2D eigenvalue weighted by Gasteiger charge is 2.27. The largest absolute Gasteiger partial charge is 0.378 e. The summed E-state index contributed by atoms with van der Waals surface area (Å²) < 4.78 is 31.0. The predicted molar refractivity (Wildman–Crippen MR) is 144 cm³/mol. The zero-order valence-electron chi connectivity index (χ0n) is 21.5. The van der Waals surface area contributed by atoms with E-state index in [0.29, 0.717) is 45.6 Å². The van der Waals surface area contributed by atoms with Crippen molar-refractivity contribution in [3.63, 3.8) is 0 Å². The van der Waals surface area contributed by atoms with E-state index in [1.165, 1.54) is 18.2 Å². The van der Waals surface area contributed by atoms with Crippen LogP contribution in [-0.2, 0) is 25.8 Å². The van der Waals surface area contributed by atoms with E-state index in [2.05, 4.69) is 10.6 Å². The maximum atomic E-state index is 13.4. The van der Waals surface area contributed by atoms with Crippen molar-refractivity contribution >= 4 is 21.8 Å². The van der Waals surface area contributed by atoms with Crippen LogP contribution in [0.15, 0.2) is 77.0 Å². The third-order valence-electron chi connectivity index (χ3n) is 6.10. The molecular formula is C28H37N3O5S. The normalized spacial score (nSPS) is 15.9. The number of morpholine rings is 1. The van der Waals surface area contributed by atoms with E-state index in [0.717, 1.165) is 11.0 Å². The van der Waals surface area contributed by atoms with E-state index in [9.17, 15) is 18.0 Å². The SMILES string of the molecule is CC(C)C[C@@H](NC(=O)N1CCOCC1)C(=O)N[C@@H](/C=C/S(=O)(=O)c1ccccc1)CCc1ccccc1. The summed E-state index contributed by atoms with van der Waals surface area (Å²) in [7, 11) is -3.67. The molecule has 1 aliphatic rings. The molecule has 8 nitrogen and oxygen atoms in total. The fraction of sp³-hybridized carbons (Fsp3) is 0.429. The first-order valence-corrected chi connectivity index (χ1v) is 14.2. The zero-order chi connectivity index (χ0) is 26.7. The molecule has 1 heterocycles. The number of aryl methyl sites for hydroxylation is 1. The number of nitrogens with zero attached hydrogens (tertiary/aromatic N) is 1. The fourth-order valence-electron chi connectivity index (χ4n) is 4.06. The van der Waals surface area contributed by atoms with Gasteiger partial charge in [0.15, 0.2) is 9.84 Å². The Labute approximate surface area is 220 Å². The summed E-state index contributed by atoms with van der Waals surface area (Å²) in [4.78, 5) is 28.0. The van der Waals surface area contributed by atoms with Gasteiger partial charge in [0.05, 0.1) is 18.1 Å². The summed E-state index contributed by atoms with van der Waals surface area (Å²) in [6, 6.07) is 16.4. The summed E-state index contributed by atoms with van der Waals surface area (Å²) in [5.74, 6) is -0.173. The van der Waals surface area contributed by atoms with Crippen LogP contribution in [0.3, 0.4) is 0 Å². The molecule has 1 saturated heterocycles. The van der Waals surface area contributed by atoms with Crippen molar-refractivity contribution in [2.45, 2.75) is 50.1 Å². The number of rotatable bonds is 11. The minimum Gasteiger partial charge on any atom is -0.378 e. The molecule has 0 unspecified atom stereocenters. The molecule has 37 heavy (non-hydrogen) atoms. The third-order valence-corrected chi connectivity index (χ3v) is 7.54. The molecule has 9 heteroatoms. The van der Waals surface area contributed by atoms with Gasteiger partial charge in [-0.15, -0.1) is 0 Å². The molecule has 1 aliphatic heterocycles. The first-order chi connectivity index (χ1) is 17.7. The first kappa shape index (κ1) is 28.4. The van der Waals surface area contributed by atoms with Crippen molar-refractivity contribution in [2.24, 2.45) is 5.92 Å². The van der Waals surface area contributed by atoms with E-state index >= 15 is 0 Å². The molecule has 3 rings (SSSR count). The van der Waals surface area contributed by atoms with Gasteiger partial charge in [-0.1, -0.05) is 68.5 Å². The number of carbonyl (C=O) groups excluding carboxylic acids is 2. The molecule has 2 atom stereocenters. The van der Waals surface area contributed by atoms with E-state index in [1.807, 2.05) is 44.2 Å². The number of hydrogen-bond donors (Lipinski definition) is 2. The van der Waals surface area contributed by atoms with Crippen molar-refractivity contribution in [3.05, 3.63) is 77.7 Å².